The second-order valence-corrected chi connectivity index (χ2v) is 20.9. The third-order valence-electron chi connectivity index (χ3n) is 8.22. The van der Waals surface area contributed by atoms with Crippen LogP contribution >= 0.6 is 0 Å². The molecule has 40 heavy (non-hydrogen) atoms. The number of pyridine rings is 2. The number of allylic oxidation sites excluding steroid dienone is 6. The van der Waals surface area contributed by atoms with E-state index in [9.17, 15) is 0 Å². The van der Waals surface area contributed by atoms with E-state index in [1.54, 1.807) is 0 Å². The Morgan fingerprint density at radius 1 is 0.500 bits per heavy atom. The predicted molar refractivity (Wildman–Crippen MR) is 184 cm³/mol. The van der Waals surface area contributed by atoms with Gasteiger partial charge in [-0.2, -0.15) is 0 Å². The summed E-state index contributed by atoms with van der Waals surface area (Å²) in [5.74, 6) is 0. The van der Waals surface area contributed by atoms with Crippen molar-refractivity contribution in [1.29, 1.82) is 0 Å². The SMILES string of the molecule is C=CC[Si](CC=C)(CC=C)CCCCc1ccnc(-c2cc(CCCC[Si](CC=C)(CC=C)CC=C)ccn2)c1. The summed E-state index contributed by atoms with van der Waals surface area (Å²) in [4.78, 5) is 9.34. The first-order valence-corrected chi connectivity index (χ1v) is 20.7. The van der Waals surface area contributed by atoms with Gasteiger partial charge >= 0.3 is 0 Å². The molecule has 0 N–H and O–H groups in total. The normalized spacial score (nSPS) is 11.5. The van der Waals surface area contributed by atoms with Crippen LogP contribution in [0.2, 0.25) is 48.4 Å². The summed E-state index contributed by atoms with van der Waals surface area (Å²) >= 11 is 0. The van der Waals surface area contributed by atoms with Crippen LogP contribution in [0.15, 0.2) is 113 Å². The van der Waals surface area contributed by atoms with Crippen LogP contribution in [-0.4, -0.2) is 26.1 Å². The molecule has 0 aliphatic rings. The highest BCUT2D eigenvalue weighted by Gasteiger charge is 2.28. The Kier molecular flexibility index (Phi) is 15.4. The van der Waals surface area contributed by atoms with Crippen molar-refractivity contribution >= 4 is 16.1 Å². The van der Waals surface area contributed by atoms with Crippen molar-refractivity contribution in [2.75, 3.05) is 0 Å². The van der Waals surface area contributed by atoms with Crippen molar-refractivity contribution in [1.82, 2.24) is 9.97 Å². The Bertz CT molecular complexity index is 963. The Hall–Kier alpha value is -2.83. The Morgan fingerprint density at radius 2 is 0.825 bits per heavy atom. The highest BCUT2D eigenvalue weighted by molar-refractivity contribution is 6.81. The number of rotatable bonds is 23. The van der Waals surface area contributed by atoms with Gasteiger partial charge in [-0.15, -0.1) is 39.5 Å². The van der Waals surface area contributed by atoms with Crippen molar-refractivity contribution in [3.63, 3.8) is 0 Å². The third kappa shape index (κ3) is 11.0. The van der Waals surface area contributed by atoms with Gasteiger partial charge in [-0.1, -0.05) is 61.4 Å². The van der Waals surface area contributed by atoms with Crippen molar-refractivity contribution in [3.8, 4) is 11.4 Å². The molecule has 0 aromatic carbocycles. The molecule has 214 valence electrons. The molecule has 0 saturated carbocycles. The maximum absolute atomic E-state index is 4.67. The number of hydrogen-bond acceptors (Lipinski definition) is 2. The summed E-state index contributed by atoms with van der Waals surface area (Å²) in [6.45, 7) is 24.2. The van der Waals surface area contributed by atoms with Crippen LogP contribution in [0, 0.1) is 0 Å². The fraction of sp³-hybridized carbons (Fsp3) is 0.389. The van der Waals surface area contributed by atoms with Gasteiger partial charge in [0.1, 0.15) is 0 Å². The van der Waals surface area contributed by atoms with E-state index >= 15 is 0 Å². The average Bonchev–Trinajstić information content (AvgIpc) is 2.95. The molecule has 2 aromatic heterocycles. The number of aryl methyl sites for hydroxylation is 2. The molecule has 2 aromatic rings. The number of hydrogen-bond donors (Lipinski definition) is 0. The van der Waals surface area contributed by atoms with Gasteiger partial charge in [-0.05, 0) is 97.3 Å². The van der Waals surface area contributed by atoms with Crippen LogP contribution < -0.4 is 0 Å². The monoisotopic (exact) mass is 568 g/mol. The second-order valence-electron chi connectivity index (χ2n) is 11.5. The quantitative estimate of drug-likeness (QED) is 0.0757. The maximum Gasteiger partial charge on any atom is 0.0888 e. The standard InChI is InChI=1S/C36H52N2Si2/c1-7-23-39(24-8-2,25-9-3)29-15-13-17-33-19-21-37-35(31-33)36-32-34(20-22-38-36)18-14-16-30-40(26-10-4,27-11-5)28-12-6/h7-12,19-22,31-32H,1-6,13-18,23-30H2. The van der Waals surface area contributed by atoms with Gasteiger partial charge in [0.2, 0.25) is 0 Å². The zero-order valence-corrected chi connectivity index (χ0v) is 27.0. The molecule has 0 radical (unpaired) electrons. The molecule has 2 rings (SSSR count). The molecule has 0 atom stereocenters. The first-order chi connectivity index (χ1) is 19.5. The van der Waals surface area contributed by atoms with Gasteiger partial charge in [0.05, 0.1) is 27.5 Å². The van der Waals surface area contributed by atoms with E-state index in [-0.39, 0.29) is 0 Å². The van der Waals surface area contributed by atoms with Crippen molar-refractivity contribution in [2.45, 2.75) is 86.9 Å². The van der Waals surface area contributed by atoms with Crippen molar-refractivity contribution in [3.05, 3.63) is 124 Å². The summed E-state index contributed by atoms with van der Waals surface area (Å²) in [6.07, 6.45) is 23.5. The molecule has 2 nitrogen and oxygen atoms in total. The Labute approximate surface area is 247 Å². The molecule has 0 spiro atoms. The lowest BCUT2D eigenvalue weighted by atomic mass is 10.1. The summed E-state index contributed by atoms with van der Waals surface area (Å²) < 4.78 is 0. The van der Waals surface area contributed by atoms with E-state index in [1.165, 1.54) is 48.9 Å². The second kappa shape index (κ2) is 18.5. The lowest BCUT2D eigenvalue weighted by Crippen LogP contribution is -2.31. The fourth-order valence-corrected chi connectivity index (χ4v) is 14.0. The van der Waals surface area contributed by atoms with E-state index < -0.39 is 16.1 Å². The highest BCUT2D eigenvalue weighted by Crippen LogP contribution is 2.31. The fourth-order valence-electron chi connectivity index (χ4n) is 6.15. The zero-order chi connectivity index (χ0) is 29.1. The topological polar surface area (TPSA) is 25.8 Å². The van der Waals surface area contributed by atoms with Gasteiger partial charge in [-0.25, -0.2) is 0 Å². The van der Waals surface area contributed by atoms with E-state index in [4.69, 9.17) is 0 Å². The lowest BCUT2D eigenvalue weighted by molar-refractivity contribution is 0.778. The van der Waals surface area contributed by atoms with Gasteiger partial charge in [0, 0.05) is 12.4 Å². The van der Waals surface area contributed by atoms with E-state index in [0.717, 1.165) is 60.5 Å². The molecule has 0 aliphatic carbocycles. The van der Waals surface area contributed by atoms with Crippen LogP contribution in [0.4, 0.5) is 0 Å². The minimum atomic E-state index is -1.43. The Balaban J connectivity index is 1.96. The van der Waals surface area contributed by atoms with Crippen LogP contribution in [0.3, 0.4) is 0 Å². The van der Waals surface area contributed by atoms with Crippen molar-refractivity contribution in [2.24, 2.45) is 0 Å². The summed E-state index contributed by atoms with van der Waals surface area (Å²) in [6, 6.07) is 18.3. The lowest BCUT2D eigenvalue weighted by Gasteiger charge is -2.28. The largest absolute Gasteiger partial charge is 0.255 e. The van der Waals surface area contributed by atoms with Crippen LogP contribution in [0.1, 0.15) is 36.8 Å². The van der Waals surface area contributed by atoms with Gasteiger partial charge < -0.3 is 0 Å². The summed E-state index contributed by atoms with van der Waals surface area (Å²) in [5, 5.41) is 0. The number of nitrogens with zero attached hydrogens (tertiary/aromatic N) is 2. The van der Waals surface area contributed by atoms with E-state index in [1.807, 2.05) is 12.4 Å². The third-order valence-corrected chi connectivity index (χ3v) is 18.0. The molecule has 0 aliphatic heterocycles. The number of aromatic nitrogens is 2. The average molecular weight is 569 g/mol. The zero-order valence-electron chi connectivity index (χ0n) is 25.0. The van der Waals surface area contributed by atoms with Crippen LogP contribution in [0.25, 0.3) is 11.4 Å². The van der Waals surface area contributed by atoms with Gasteiger partial charge in [-0.3, -0.25) is 9.97 Å². The molecule has 0 saturated heterocycles. The molecule has 0 amide bonds. The van der Waals surface area contributed by atoms with E-state index in [2.05, 4.69) is 110 Å². The van der Waals surface area contributed by atoms with Gasteiger partial charge in [0.15, 0.2) is 0 Å². The molecule has 0 bridgehead atoms. The number of unbranched alkanes of at least 4 members (excludes halogenated alkanes) is 2. The smallest absolute Gasteiger partial charge is 0.0888 e. The molecule has 0 fully saturated rings. The van der Waals surface area contributed by atoms with Crippen LogP contribution in [0.5, 0.6) is 0 Å². The minimum Gasteiger partial charge on any atom is -0.255 e. The van der Waals surface area contributed by atoms with Gasteiger partial charge in [0.25, 0.3) is 0 Å². The predicted octanol–water partition coefficient (Wildman–Crippen LogP) is 10.8. The molecular formula is C36H52N2Si2. The summed E-state index contributed by atoms with van der Waals surface area (Å²) in [7, 11) is -2.86. The maximum atomic E-state index is 4.67. The highest BCUT2D eigenvalue weighted by atomic mass is 28.3. The Morgan fingerprint density at radius 3 is 1.12 bits per heavy atom. The molecule has 2 heterocycles. The minimum absolute atomic E-state index is 0.974. The van der Waals surface area contributed by atoms with Crippen molar-refractivity contribution < 1.29 is 0 Å². The van der Waals surface area contributed by atoms with Crippen LogP contribution in [-0.2, 0) is 12.8 Å². The molecular weight excluding hydrogens is 517 g/mol. The first-order valence-electron chi connectivity index (χ1n) is 15.0. The summed E-state index contributed by atoms with van der Waals surface area (Å²) in [5.41, 5.74) is 4.63. The first kappa shape index (κ1) is 33.4. The van der Waals surface area contributed by atoms with E-state index in [0.29, 0.717) is 0 Å². The molecule has 4 heteroatoms. The molecule has 0 unspecified atom stereocenters.